The average Bonchev–Trinajstić information content (AvgIpc) is 3.57. The molecule has 2 aliphatic heterocycles. The minimum absolute atomic E-state index is 0.130. The first kappa shape index (κ1) is 24.6. The maximum absolute atomic E-state index is 13.4. The first-order valence-electron chi connectivity index (χ1n) is 13.8. The van der Waals surface area contributed by atoms with Crippen molar-refractivity contribution in [3.63, 3.8) is 0 Å². The first-order chi connectivity index (χ1) is 18.6. The second-order valence-corrected chi connectivity index (χ2v) is 10.8. The Bertz CT molecular complexity index is 1290. The number of hydrogen-bond acceptors (Lipinski definition) is 6. The Hall–Kier alpha value is -3.71. The van der Waals surface area contributed by atoms with Gasteiger partial charge in [-0.25, -0.2) is 0 Å². The highest BCUT2D eigenvalue weighted by atomic mass is 16.5. The van der Waals surface area contributed by atoms with E-state index in [1.807, 2.05) is 30.3 Å². The highest BCUT2D eigenvalue weighted by molar-refractivity contribution is 6.15. The minimum Gasteiger partial charge on any atom is -0.398 e. The summed E-state index contributed by atoms with van der Waals surface area (Å²) >= 11 is 0. The van der Waals surface area contributed by atoms with Gasteiger partial charge in [0.2, 0.25) is 0 Å². The number of pyridine rings is 1. The molecule has 196 valence electrons. The van der Waals surface area contributed by atoms with Gasteiger partial charge in [-0.15, -0.1) is 0 Å². The van der Waals surface area contributed by atoms with E-state index in [2.05, 4.69) is 27.3 Å². The zero-order chi connectivity index (χ0) is 26.1. The molecule has 3 atom stereocenters. The van der Waals surface area contributed by atoms with E-state index >= 15 is 0 Å². The number of hydrogen-bond donors (Lipinski definition) is 3. The summed E-state index contributed by atoms with van der Waals surface area (Å²) in [6, 6.07) is 19.9. The maximum Gasteiger partial charge on any atom is 0.251 e. The monoisotopic (exact) mass is 509 g/mol. The third-order valence-corrected chi connectivity index (χ3v) is 8.44. The van der Waals surface area contributed by atoms with Gasteiger partial charge in [0.1, 0.15) is 0 Å². The zero-order valence-corrected chi connectivity index (χ0v) is 21.6. The number of benzene rings is 2. The SMILES string of the molecule is N=C(c1ccc(N2C3CCC2COC3)cc1)c1cc(C(=O)NC(c2ccccn2)C2CCCC2)ccc1N. The zero-order valence-electron chi connectivity index (χ0n) is 21.6. The summed E-state index contributed by atoms with van der Waals surface area (Å²) in [5.41, 5.74) is 11.0. The van der Waals surface area contributed by atoms with Gasteiger partial charge >= 0.3 is 0 Å². The third-order valence-electron chi connectivity index (χ3n) is 8.44. The van der Waals surface area contributed by atoms with E-state index in [1.165, 1.54) is 18.5 Å². The van der Waals surface area contributed by atoms with Gasteiger partial charge in [-0.2, -0.15) is 0 Å². The van der Waals surface area contributed by atoms with E-state index < -0.39 is 0 Å². The van der Waals surface area contributed by atoms with E-state index in [0.717, 1.165) is 50.2 Å². The van der Waals surface area contributed by atoms with Crippen LogP contribution in [0.2, 0.25) is 0 Å². The molecule has 1 aliphatic carbocycles. The van der Waals surface area contributed by atoms with Gasteiger partial charge in [-0.05, 0) is 74.1 Å². The summed E-state index contributed by atoms with van der Waals surface area (Å²) in [6.07, 6.45) is 8.63. The Kier molecular flexibility index (Phi) is 6.85. The molecule has 7 heteroatoms. The lowest BCUT2D eigenvalue weighted by Crippen LogP contribution is -2.45. The summed E-state index contributed by atoms with van der Waals surface area (Å²) in [4.78, 5) is 20.4. The Labute approximate surface area is 223 Å². The van der Waals surface area contributed by atoms with Crippen LogP contribution < -0.4 is 16.0 Å². The van der Waals surface area contributed by atoms with Gasteiger partial charge in [0, 0.05) is 34.3 Å². The summed E-state index contributed by atoms with van der Waals surface area (Å²) in [6.45, 7) is 1.56. The molecule has 3 unspecified atom stereocenters. The topological polar surface area (TPSA) is 104 Å². The number of nitrogens with zero attached hydrogens (tertiary/aromatic N) is 2. The number of nitrogens with two attached hydrogens (primary N) is 1. The van der Waals surface area contributed by atoms with E-state index in [0.29, 0.717) is 40.5 Å². The van der Waals surface area contributed by atoms with E-state index in [-0.39, 0.29) is 11.9 Å². The maximum atomic E-state index is 13.4. The van der Waals surface area contributed by atoms with Crippen LogP contribution in [0.25, 0.3) is 0 Å². The number of rotatable bonds is 7. The molecule has 7 nitrogen and oxygen atoms in total. The second-order valence-electron chi connectivity index (χ2n) is 10.8. The standard InChI is InChI=1S/C31H35N5O2/c32-27-15-10-22(31(37)35-30(21-5-1-2-6-21)28-7-3-4-16-34-28)17-26(27)29(33)20-8-11-23(12-9-20)36-24-13-14-25(36)19-38-18-24/h3-4,7-12,15-17,21,24-25,30,33H,1-2,5-6,13-14,18-19,32H2,(H,35,37). The van der Waals surface area contributed by atoms with Crippen molar-refractivity contribution in [3.05, 3.63) is 89.2 Å². The number of ether oxygens (including phenoxy) is 1. The largest absolute Gasteiger partial charge is 0.398 e. The molecule has 0 radical (unpaired) electrons. The lowest BCUT2D eigenvalue weighted by Gasteiger charge is -2.36. The third kappa shape index (κ3) is 4.78. The van der Waals surface area contributed by atoms with Gasteiger partial charge in [0.25, 0.3) is 5.91 Å². The highest BCUT2D eigenvalue weighted by Crippen LogP contribution is 2.36. The van der Waals surface area contributed by atoms with E-state index in [9.17, 15) is 4.79 Å². The van der Waals surface area contributed by atoms with E-state index in [1.54, 1.807) is 24.4 Å². The van der Waals surface area contributed by atoms with Crippen LogP contribution >= 0.6 is 0 Å². The fraction of sp³-hybridized carbons (Fsp3) is 0.387. The van der Waals surface area contributed by atoms with Crippen LogP contribution in [0.5, 0.6) is 0 Å². The molecule has 3 aliphatic rings. The molecule has 0 spiro atoms. The van der Waals surface area contributed by atoms with Crippen LogP contribution in [0, 0.1) is 11.3 Å². The molecular formula is C31H35N5O2. The van der Waals surface area contributed by atoms with Crippen molar-refractivity contribution in [2.75, 3.05) is 23.8 Å². The predicted molar refractivity (Wildman–Crippen MR) is 150 cm³/mol. The number of aromatic nitrogens is 1. The number of anilines is 2. The Balaban J connectivity index is 1.21. The molecule has 38 heavy (non-hydrogen) atoms. The van der Waals surface area contributed by atoms with Crippen LogP contribution in [-0.2, 0) is 4.74 Å². The molecule has 3 heterocycles. The fourth-order valence-electron chi connectivity index (χ4n) is 6.43. The normalized spacial score (nSPS) is 21.8. The van der Waals surface area contributed by atoms with Crippen LogP contribution in [0.1, 0.15) is 71.7 Å². The summed E-state index contributed by atoms with van der Waals surface area (Å²) in [7, 11) is 0. The number of amides is 1. The molecule has 2 saturated heterocycles. The molecule has 3 fully saturated rings. The van der Waals surface area contributed by atoms with Crippen LogP contribution in [-0.4, -0.2) is 41.9 Å². The first-order valence-corrected chi connectivity index (χ1v) is 13.8. The summed E-state index contributed by atoms with van der Waals surface area (Å²) < 4.78 is 5.72. The van der Waals surface area contributed by atoms with Gasteiger partial charge in [-0.1, -0.05) is 31.0 Å². The van der Waals surface area contributed by atoms with Gasteiger partial charge < -0.3 is 20.7 Å². The van der Waals surface area contributed by atoms with Crippen LogP contribution in [0.15, 0.2) is 66.9 Å². The number of carbonyl (C=O) groups is 1. The quantitative estimate of drug-likeness (QED) is 0.303. The highest BCUT2D eigenvalue weighted by Gasteiger charge is 2.37. The molecule has 6 rings (SSSR count). The van der Waals surface area contributed by atoms with Gasteiger partial charge in [0.15, 0.2) is 0 Å². The van der Waals surface area contributed by atoms with Crippen LogP contribution in [0.3, 0.4) is 0 Å². The molecule has 3 aromatic rings. The second kappa shape index (κ2) is 10.6. The summed E-state index contributed by atoms with van der Waals surface area (Å²) in [5.74, 6) is 0.209. The molecule has 4 N–H and O–H groups in total. The molecular weight excluding hydrogens is 474 g/mol. The van der Waals surface area contributed by atoms with Crippen molar-refractivity contribution >= 4 is 23.0 Å². The Morgan fingerprint density at radius 1 is 0.974 bits per heavy atom. The lowest BCUT2D eigenvalue weighted by atomic mass is 9.94. The van der Waals surface area contributed by atoms with Crippen molar-refractivity contribution in [3.8, 4) is 0 Å². The lowest BCUT2D eigenvalue weighted by molar-refractivity contribution is 0.0906. The summed E-state index contributed by atoms with van der Waals surface area (Å²) in [5, 5.41) is 12.2. The Morgan fingerprint density at radius 3 is 2.37 bits per heavy atom. The fourth-order valence-corrected chi connectivity index (χ4v) is 6.43. The molecule has 1 saturated carbocycles. The molecule has 1 amide bonds. The minimum atomic E-state index is -0.167. The molecule has 2 bridgehead atoms. The van der Waals surface area contributed by atoms with Crippen molar-refractivity contribution in [1.82, 2.24) is 10.3 Å². The van der Waals surface area contributed by atoms with Crippen molar-refractivity contribution in [1.29, 1.82) is 5.41 Å². The van der Waals surface area contributed by atoms with Gasteiger partial charge in [0.05, 0.1) is 42.7 Å². The Morgan fingerprint density at radius 2 is 1.68 bits per heavy atom. The predicted octanol–water partition coefficient (Wildman–Crippen LogP) is 5.11. The van der Waals surface area contributed by atoms with Gasteiger partial charge in [-0.3, -0.25) is 15.2 Å². The number of nitrogens with one attached hydrogen (secondary N) is 2. The number of morpholine rings is 1. The molecule has 2 aromatic carbocycles. The number of nitrogen functional groups attached to an aromatic ring is 1. The van der Waals surface area contributed by atoms with Crippen molar-refractivity contribution in [2.24, 2.45) is 5.92 Å². The average molecular weight is 510 g/mol. The van der Waals surface area contributed by atoms with Crippen molar-refractivity contribution in [2.45, 2.75) is 56.7 Å². The van der Waals surface area contributed by atoms with E-state index in [4.69, 9.17) is 15.9 Å². The van der Waals surface area contributed by atoms with Crippen LogP contribution in [0.4, 0.5) is 11.4 Å². The number of fused-ring (bicyclic) bond motifs is 2. The van der Waals surface area contributed by atoms with Crippen molar-refractivity contribution < 1.29 is 9.53 Å². The smallest absolute Gasteiger partial charge is 0.251 e. The number of carbonyl (C=O) groups excluding carboxylic acids is 1. The molecule has 1 aromatic heterocycles.